The number of amides is 2. The number of nitrogens with zero attached hydrogens (tertiary/aromatic N) is 1. The third-order valence-corrected chi connectivity index (χ3v) is 5.86. The summed E-state index contributed by atoms with van der Waals surface area (Å²) in [5.41, 5.74) is 2.31. The van der Waals surface area contributed by atoms with Gasteiger partial charge in [-0.1, -0.05) is 54.6 Å². The van der Waals surface area contributed by atoms with Crippen LogP contribution in [-0.4, -0.2) is 16.9 Å². The molecule has 1 N–H and O–H groups in total. The van der Waals surface area contributed by atoms with E-state index in [1.165, 1.54) is 23.1 Å². The normalized spacial score (nSPS) is 14.6. The first-order valence-corrected chi connectivity index (χ1v) is 11.5. The zero-order chi connectivity index (χ0) is 25.1. The number of thiocarbonyl (C=S) groups is 1. The SMILES string of the molecule is O=C1NC(=S)N(c2ccc(Oc3ccccc3)cc2)C(=O)C1=Cc1ccccc1-c1cccc(F)c1. The number of hydrogen-bond acceptors (Lipinski definition) is 4. The summed E-state index contributed by atoms with van der Waals surface area (Å²) in [5, 5.41) is 2.57. The molecule has 4 aromatic carbocycles. The summed E-state index contributed by atoms with van der Waals surface area (Å²) < 4.78 is 19.6. The summed E-state index contributed by atoms with van der Waals surface area (Å²) in [7, 11) is 0. The second kappa shape index (κ2) is 9.93. The maximum absolute atomic E-state index is 13.8. The smallest absolute Gasteiger partial charge is 0.270 e. The topological polar surface area (TPSA) is 58.6 Å². The highest BCUT2D eigenvalue weighted by molar-refractivity contribution is 7.80. The Kier molecular flexibility index (Phi) is 6.38. The molecule has 2 amide bonds. The van der Waals surface area contributed by atoms with Crippen molar-refractivity contribution in [3.8, 4) is 22.6 Å². The van der Waals surface area contributed by atoms with Gasteiger partial charge in [0.1, 0.15) is 22.9 Å². The van der Waals surface area contributed by atoms with Crippen LogP contribution in [0.4, 0.5) is 10.1 Å². The van der Waals surface area contributed by atoms with Crippen molar-refractivity contribution in [3.63, 3.8) is 0 Å². The van der Waals surface area contributed by atoms with Crippen LogP contribution in [0, 0.1) is 5.82 Å². The number of rotatable bonds is 5. The minimum absolute atomic E-state index is 0.0164. The molecule has 1 saturated heterocycles. The molecule has 1 heterocycles. The Morgan fingerprint density at radius 1 is 0.806 bits per heavy atom. The van der Waals surface area contributed by atoms with Crippen LogP contribution < -0.4 is 15.0 Å². The fraction of sp³-hybridized carbons (Fsp3) is 0. The molecular weight excluding hydrogens is 475 g/mol. The van der Waals surface area contributed by atoms with E-state index in [4.69, 9.17) is 17.0 Å². The Balaban J connectivity index is 1.46. The number of carbonyl (C=O) groups excluding carboxylic acids is 2. The number of halogens is 1. The van der Waals surface area contributed by atoms with E-state index in [1.807, 2.05) is 36.4 Å². The van der Waals surface area contributed by atoms with Crippen LogP contribution >= 0.6 is 12.2 Å². The Hall–Kier alpha value is -4.62. The van der Waals surface area contributed by atoms with Crippen molar-refractivity contribution in [2.24, 2.45) is 0 Å². The predicted octanol–water partition coefficient (Wildman–Crippen LogP) is 6.12. The summed E-state index contributed by atoms with van der Waals surface area (Å²) >= 11 is 5.31. The molecule has 0 spiro atoms. The van der Waals surface area contributed by atoms with Crippen LogP contribution in [0.3, 0.4) is 0 Å². The van der Waals surface area contributed by atoms with Gasteiger partial charge in [0, 0.05) is 0 Å². The van der Waals surface area contributed by atoms with E-state index in [9.17, 15) is 14.0 Å². The first kappa shape index (κ1) is 23.1. The number of carbonyl (C=O) groups is 2. The van der Waals surface area contributed by atoms with Crippen molar-refractivity contribution in [1.82, 2.24) is 5.32 Å². The lowest BCUT2D eigenvalue weighted by atomic mass is 9.97. The van der Waals surface area contributed by atoms with Crippen LogP contribution in [0.25, 0.3) is 17.2 Å². The lowest BCUT2D eigenvalue weighted by Crippen LogP contribution is -2.54. The van der Waals surface area contributed by atoms with Crippen LogP contribution in [-0.2, 0) is 9.59 Å². The lowest BCUT2D eigenvalue weighted by molar-refractivity contribution is -0.122. The van der Waals surface area contributed by atoms with Crippen LogP contribution in [0.2, 0.25) is 0 Å². The molecule has 1 aliphatic heterocycles. The number of benzene rings is 4. The highest BCUT2D eigenvalue weighted by Crippen LogP contribution is 2.29. The molecule has 0 saturated carbocycles. The molecule has 0 atom stereocenters. The van der Waals surface area contributed by atoms with E-state index in [2.05, 4.69) is 5.32 Å². The number of ether oxygens (including phenoxy) is 1. The fourth-order valence-corrected chi connectivity index (χ4v) is 4.16. The minimum Gasteiger partial charge on any atom is -0.457 e. The maximum atomic E-state index is 13.8. The van der Waals surface area contributed by atoms with Crippen LogP contribution in [0.5, 0.6) is 11.5 Å². The summed E-state index contributed by atoms with van der Waals surface area (Å²) in [5.74, 6) is -0.264. The van der Waals surface area contributed by atoms with Crippen LogP contribution in [0.15, 0.2) is 109 Å². The molecule has 0 radical (unpaired) electrons. The summed E-state index contributed by atoms with van der Waals surface area (Å²) in [6.45, 7) is 0. The monoisotopic (exact) mass is 494 g/mol. The molecule has 4 aromatic rings. The van der Waals surface area contributed by atoms with E-state index in [1.54, 1.807) is 54.6 Å². The average Bonchev–Trinajstić information content (AvgIpc) is 2.88. The minimum atomic E-state index is -0.598. The van der Waals surface area contributed by atoms with Gasteiger partial charge in [-0.25, -0.2) is 4.39 Å². The zero-order valence-corrected chi connectivity index (χ0v) is 19.7. The Morgan fingerprint density at radius 2 is 1.50 bits per heavy atom. The maximum Gasteiger partial charge on any atom is 0.270 e. The summed E-state index contributed by atoms with van der Waals surface area (Å²) in [4.78, 5) is 27.5. The van der Waals surface area contributed by atoms with Crippen molar-refractivity contribution in [1.29, 1.82) is 0 Å². The first-order valence-electron chi connectivity index (χ1n) is 11.1. The highest BCUT2D eigenvalue weighted by atomic mass is 32.1. The largest absolute Gasteiger partial charge is 0.457 e. The molecule has 0 aliphatic carbocycles. The van der Waals surface area contributed by atoms with Gasteiger partial charge in [0.15, 0.2) is 5.11 Å². The molecular formula is C29H19FN2O3S. The third kappa shape index (κ3) is 4.78. The molecule has 5 nitrogen and oxygen atoms in total. The van der Waals surface area contributed by atoms with Gasteiger partial charge in [-0.05, 0) is 83.5 Å². The third-order valence-electron chi connectivity index (χ3n) is 5.57. The summed E-state index contributed by atoms with van der Waals surface area (Å²) in [6.07, 6.45) is 1.50. The molecule has 0 bridgehead atoms. The number of hydrogen-bond donors (Lipinski definition) is 1. The summed E-state index contributed by atoms with van der Waals surface area (Å²) in [6, 6.07) is 29.5. The number of para-hydroxylation sites is 1. The van der Waals surface area contributed by atoms with Crippen molar-refractivity contribution in [3.05, 3.63) is 120 Å². The van der Waals surface area contributed by atoms with Gasteiger partial charge in [-0.2, -0.15) is 0 Å². The Bertz CT molecular complexity index is 1500. The van der Waals surface area contributed by atoms with Gasteiger partial charge < -0.3 is 4.74 Å². The van der Waals surface area contributed by atoms with Crippen molar-refractivity contribution >= 4 is 40.9 Å². The van der Waals surface area contributed by atoms with E-state index >= 15 is 0 Å². The van der Waals surface area contributed by atoms with Crippen LogP contribution in [0.1, 0.15) is 5.56 Å². The fourth-order valence-electron chi connectivity index (χ4n) is 3.88. The second-order valence-electron chi connectivity index (χ2n) is 7.96. The second-order valence-corrected chi connectivity index (χ2v) is 8.35. The van der Waals surface area contributed by atoms with Gasteiger partial charge in [0.05, 0.1) is 5.69 Å². The molecule has 5 rings (SSSR count). The number of anilines is 1. The molecule has 0 unspecified atom stereocenters. The highest BCUT2D eigenvalue weighted by Gasteiger charge is 2.34. The lowest BCUT2D eigenvalue weighted by Gasteiger charge is -2.29. The van der Waals surface area contributed by atoms with Crippen molar-refractivity contribution < 1.29 is 18.7 Å². The molecule has 1 fully saturated rings. The molecule has 7 heteroatoms. The standard InChI is InChI=1S/C29H19FN2O3S/c30-21-9-6-8-19(17-21)25-12-5-4-7-20(25)18-26-27(33)31-29(36)32(28(26)34)22-13-15-24(16-14-22)35-23-10-2-1-3-11-23/h1-18H,(H,31,33,36). The van der Waals surface area contributed by atoms with E-state index in [0.29, 0.717) is 33.9 Å². The molecule has 1 aliphatic rings. The molecule has 0 aromatic heterocycles. The molecule has 176 valence electrons. The van der Waals surface area contributed by atoms with E-state index in [0.717, 1.165) is 0 Å². The van der Waals surface area contributed by atoms with Gasteiger partial charge in [-0.3, -0.25) is 19.8 Å². The zero-order valence-electron chi connectivity index (χ0n) is 18.9. The Morgan fingerprint density at radius 3 is 2.25 bits per heavy atom. The quantitative estimate of drug-likeness (QED) is 0.206. The van der Waals surface area contributed by atoms with Gasteiger partial charge >= 0.3 is 0 Å². The first-order chi connectivity index (χ1) is 17.5. The number of nitrogens with one attached hydrogen (secondary N) is 1. The van der Waals surface area contributed by atoms with E-state index in [-0.39, 0.29) is 16.5 Å². The van der Waals surface area contributed by atoms with Crippen molar-refractivity contribution in [2.45, 2.75) is 0 Å². The Labute approximate surface area is 212 Å². The van der Waals surface area contributed by atoms with E-state index < -0.39 is 11.8 Å². The molecule has 36 heavy (non-hydrogen) atoms. The van der Waals surface area contributed by atoms with Gasteiger partial charge in [-0.15, -0.1) is 0 Å². The predicted molar refractivity (Wildman–Crippen MR) is 141 cm³/mol. The van der Waals surface area contributed by atoms with Crippen molar-refractivity contribution in [2.75, 3.05) is 4.90 Å². The van der Waals surface area contributed by atoms with Gasteiger partial charge in [0.25, 0.3) is 11.8 Å². The van der Waals surface area contributed by atoms with Gasteiger partial charge in [0.2, 0.25) is 0 Å². The average molecular weight is 495 g/mol.